The van der Waals surface area contributed by atoms with Crippen LogP contribution in [0.5, 0.6) is 0 Å². The van der Waals surface area contributed by atoms with E-state index in [1.165, 1.54) is 231 Å². The second kappa shape index (κ2) is 54.2. The number of hydrogen-bond donors (Lipinski definition) is 0. The Hall–Kier alpha value is -1.59. The van der Waals surface area contributed by atoms with Gasteiger partial charge >= 0.3 is 17.9 Å². The molecule has 0 aliphatic heterocycles. The summed E-state index contributed by atoms with van der Waals surface area (Å²) in [5.41, 5.74) is 0. The molecule has 0 N–H and O–H groups in total. The standard InChI is InChI=1S/C63H122O6/c1-7-59(6)51-45-39-33-27-23-24-29-35-41-47-53-62(65)68-56-60(69-63(66)54-48-42-36-30-22-18-14-10-12-16-20-26-32-38-44-50-58(4)5)55-67-61(64)52-46-40-34-28-21-17-13-9-8-11-15-19-25-31-37-43-49-57(2)3/h57-60H,7-56H2,1-6H3/t59?,60-/m0/s1. The van der Waals surface area contributed by atoms with Gasteiger partial charge in [-0.05, 0) is 37.0 Å². The number of esters is 3. The number of unbranched alkanes of at least 4 members (excludes halogenated alkanes) is 38. The third-order valence-electron chi connectivity index (χ3n) is 14.8. The smallest absolute Gasteiger partial charge is 0.306 e. The maximum Gasteiger partial charge on any atom is 0.306 e. The molecule has 0 aromatic carbocycles. The van der Waals surface area contributed by atoms with Gasteiger partial charge in [0.25, 0.3) is 0 Å². The average Bonchev–Trinajstić information content (AvgIpc) is 3.32. The molecule has 0 saturated carbocycles. The third-order valence-corrected chi connectivity index (χ3v) is 14.8. The van der Waals surface area contributed by atoms with Crippen LogP contribution in [-0.2, 0) is 28.6 Å². The van der Waals surface area contributed by atoms with Gasteiger partial charge in [-0.2, -0.15) is 0 Å². The highest BCUT2D eigenvalue weighted by Crippen LogP contribution is 2.19. The van der Waals surface area contributed by atoms with Crippen molar-refractivity contribution in [1.82, 2.24) is 0 Å². The summed E-state index contributed by atoms with van der Waals surface area (Å²) < 4.78 is 16.9. The first-order chi connectivity index (χ1) is 33.6. The van der Waals surface area contributed by atoms with Gasteiger partial charge in [-0.3, -0.25) is 14.4 Å². The molecular weight excluding hydrogens is 853 g/mol. The predicted molar refractivity (Wildman–Crippen MR) is 298 cm³/mol. The highest BCUT2D eigenvalue weighted by Gasteiger charge is 2.19. The summed E-state index contributed by atoms with van der Waals surface area (Å²) in [5, 5.41) is 0. The fourth-order valence-corrected chi connectivity index (χ4v) is 9.67. The van der Waals surface area contributed by atoms with E-state index in [0.29, 0.717) is 19.3 Å². The first-order valence-corrected chi connectivity index (χ1v) is 31.1. The molecule has 410 valence electrons. The van der Waals surface area contributed by atoms with Crippen LogP contribution in [0.2, 0.25) is 0 Å². The summed E-state index contributed by atoms with van der Waals surface area (Å²) in [7, 11) is 0. The van der Waals surface area contributed by atoms with Crippen LogP contribution in [0.4, 0.5) is 0 Å². The number of rotatable bonds is 56. The number of carbonyl (C=O) groups excluding carboxylic acids is 3. The molecule has 1 unspecified atom stereocenters. The Labute approximate surface area is 431 Å². The Morgan fingerprint density at radius 3 is 0.754 bits per heavy atom. The van der Waals surface area contributed by atoms with Crippen molar-refractivity contribution in [2.45, 2.75) is 356 Å². The Bertz CT molecular complexity index is 1070. The van der Waals surface area contributed by atoms with Crippen LogP contribution in [0.25, 0.3) is 0 Å². The lowest BCUT2D eigenvalue weighted by Gasteiger charge is -2.18. The van der Waals surface area contributed by atoms with Crippen molar-refractivity contribution in [3.63, 3.8) is 0 Å². The largest absolute Gasteiger partial charge is 0.462 e. The summed E-state index contributed by atoms with van der Waals surface area (Å²) in [6.45, 7) is 13.8. The Morgan fingerprint density at radius 2 is 0.507 bits per heavy atom. The normalized spacial score (nSPS) is 12.5. The van der Waals surface area contributed by atoms with Crippen molar-refractivity contribution in [2.75, 3.05) is 13.2 Å². The minimum Gasteiger partial charge on any atom is -0.462 e. The highest BCUT2D eigenvalue weighted by molar-refractivity contribution is 5.71. The minimum atomic E-state index is -0.764. The van der Waals surface area contributed by atoms with E-state index in [1.54, 1.807) is 0 Å². The van der Waals surface area contributed by atoms with Crippen molar-refractivity contribution in [3.8, 4) is 0 Å². The van der Waals surface area contributed by atoms with Crippen LogP contribution in [0.15, 0.2) is 0 Å². The Morgan fingerprint density at radius 1 is 0.290 bits per heavy atom. The number of carbonyl (C=O) groups is 3. The van der Waals surface area contributed by atoms with E-state index < -0.39 is 6.10 Å². The second-order valence-corrected chi connectivity index (χ2v) is 22.9. The van der Waals surface area contributed by atoms with Crippen molar-refractivity contribution in [2.24, 2.45) is 17.8 Å². The molecular formula is C63H122O6. The summed E-state index contributed by atoms with van der Waals surface area (Å²) >= 11 is 0. The molecule has 0 spiro atoms. The molecule has 0 rings (SSSR count). The van der Waals surface area contributed by atoms with Crippen molar-refractivity contribution in [3.05, 3.63) is 0 Å². The molecule has 0 aromatic rings. The van der Waals surface area contributed by atoms with Gasteiger partial charge in [0.2, 0.25) is 0 Å². The molecule has 0 heterocycles. The lowest BCUT2D eigenvalue weighted by molar-refractivity contribution is -0.167. The molecule has 0 aliphatic rings. The molecule has 6 nitrogen and oxygen atoms in total. The van der Waals surface area contributed by atoms with Gasteiger partial charge in [-0.25, -0.2) is 0 Å². The summed E-state index contributed by atoms with van der Waals surface area (Å²) in [6.07, 6.45) is 58.1. The Kier molecular flexibility index (Phi) is 52.9. The van der Waals surface area contributed by atoms with Crippen LogP contribution in [0, 0.1) is 17.8 Å². The lowest BCUT2D eigenvalue weighted by atomic mass is 9.99. The van der Waals surface area contributed by atoms with Gasteiger partial charge in [0.05, 0.1) is 0 Å². The second-order valence-electron chi connectivity index (χ2n) is 22.9. The van der Waals surface area contributed by atoms with E-state index in [0.717, 1.165) is 75.5 Å². The van der Waals surface area contributed by atoms with Crippen LogP contribution in [0.3, 0.4) is 0 Å². The van der Waals surface area contributed by atoms with Gasteiger partial charge in [0.15, 0.2) is 6.10 Å². The fourth-order valence-electron chi connectivity index (χ4n) is 9.67. The van der Waals surface area contributed by atoms with E-state index in [2.05, 4.69) is 41.5 Å². The molecule has 0 fully saturated rings. The fraction of sp³-hybridized carbons (Fsp3) is 0.952. The predicted octanol–water partition coefficient (Wildman–Crippen LogP) is 20.7. The SMILES string of the molecule is CCC(C)CCCCCCCCCCCCC(=O)OC[C@H](COC(=O)CCCCCCCCCCCCCCCCCCC(C)C)OC(=O)CCCCCCCCCCCCCCCCCC(C)C. The monoisotopic (exact) mass is 975 g/mol. The van der Waals surface area contributed by atoms with Gasteiger partial charge in [-0.15, -0.1) is 0 Å². The van der Waals surface area contributed by atoms with E-state index >= 15 is 0 Å². The quantitative estimate of drug-likeness (QED) is 0.0343. The molecule has 0 aromatic heterocycles. The van der Waals surface area contributed by atoms with Gasteiger partial charge in [0.1, 0.15) is 13.2 Å². The van der Waals surface area contributed by atoms with Crippen LogP contribution in [-0.4, -0.2) is 37.2 Å². The van der Waals surface area contributed by atoms with Gasteiger partial charge in [0, 0.05) is 19.3 Å². The summed E-state index contributed by atoms with van der Waals surface area (Å²) in [5.74, 6) is 1.73. The van der Waals surface area contributed by atoms with Crippen molar-refractivity contribution >= 4 is 17.9 Å². The third kappa shape index (κ3) is 55.6. The zero-order valence-corrected chi connectivity index (χ0v) is 47.6. The summed E-state index contributed by atoms with van der Waals surface area (Å²) in [6, 6.07) is 0. The molecule has 0 amide bonds. The van der Waals surface area contributed by atoms with Crippen LogP contribution in [0.1, 0.15) is 350 Å². The van der Waals surface area contributed by atoms with E-state index in [4.69, 9.17) is 14.2 Å². The summed E-state index contributed by atoms with van der Waals surface area (Å²) in [4.78, 5) is 38.3. The minimum absolute atomic E-state index is 0.0629. The van der Waals surface area contributed by atoms with E-state index in [-0.39, 0.29) is 31.1 Å². The van der Waals surface area contributed by atoms with Crippen LogP contribution < -0.4 is 0 Å². The molecule has 0 bridgehead atoms. The first-order valence-electron chi connectivity index (χ1n) is 31.1. The maximum atomic E-state index is 12.9. The van der Waals surface area contributed by atoms with E-state index in [9.17, 15) is 14.4 Å². The first kappa shape index (κ1) is 67.4. The van der Waals surface area contributed by atoms with Crippen LogP contribution >= 0.6 is 0 Å². The molecule has 0 saturated heterocycles. The molecule has 69 heavy (non-hydrogen) atoms. The van der Waals surface area contributed by atoms with Gasteiger partial charge < -0.3 is 14.2 Å². The molecule has 2 atom stereocenters. The number of ether oxygens (including phenoxy) is 3. The zero-order chi connectivity index (χ0) is 50.5. The maximum absolute atomic E-state index is 12.9. The van der Waals surface area contributed by atoms with Crippen molar-refractivity contribution in [1.29, 1.82) is 0 Å². The topological polar surface area (TPSA) is 78.9 Å². The molecule has 0 radical (unpaired) electrons. The van der Waals surface area contributed by atoms with E-state index in [1.807, 2.05) is 0 Å². The lowest BCUT2D eigenvalue weighted by Crippen LogP contribution is -2.30. The molecule has 6 heteroatoms. The zero-order valence-electron chi connectivity index (χ0n) is 47.6. The Balaban J connectivity index is 4.29. The highest BCUT2D eigenvalue weighted by atomic mass is 16.6. The average molecular weight is 976 g/mol. The van der Waals surface area contributed by atoms with Crippen molar-refractivity contribution < 1.29 is 28.6 Å². The van der Waals surface area contributed by atoms with Gasteiger partial charge in [-0.1, -0.05) is 311 Å². The molecule has 0 aliphatic carbocycles. The number of hydrogen-bond acceptors (Lipinski definition) is 6.